The van der Waals surface area contributed by atoms with Gasteiger partial charge in [0.05, 0.1) is 7.11 Å². The Hall–Kier alpha value is -2.18. The van der Waals surface area contributed by atoms with Crippen LogP contribution in [0.15, 0.2) is 36.4 Å². The van der Waals surface area contributed by atoms with E-state index in [1.165, 1.54) is 7.11 Å². The van der Waals surface area contributed by atoms with E-state index in [-0.39, 0.29) is 29.6 Å². The highest BCUT2D eigenvalue weighted by molar-refractivity contribution is 5.94. The van der Waals surface area contributed by atoms with Gasteiger partial charge in [0.2, 0.25) is 0 Å². The molecule has 0 spiro atoms. The Labute approximate surface area is 163 Å². The molecule has 0 atom stereocenters. The van der Waals surface area contributed by atoms with Gasteiger partial charge in [0.25, 0.3) is 5.91 Å². The quantitative estimate of drug-likeness (QED) is 0.808. The molecule has 1 amide bonds. The Bertz CT molecular complexity index is 778. The Kier molecular flexibility index (Phi) is 7.56. The molecule has 0 aliphatic carbocycles. The van der Waals surface area contributed by atoms with E-state index in [1.54, 1.807) is 24.3 Å². The lowest BCUT2D eigenvalue weighted by Crippen LogP contribution is -2.35. The molecule has 0 aromatic heterocycles. The zero-order chi connectivity index (χ0) is 18.5. The normalized spacial score (nSPS) is 14.3. The van der Waals surface area contributed by atoms with Crippen molar-refractivity contribution in [3.05, 3.63) is 53.6 Å². The van der Waals surface area contributed by atoms with Gasteiger partial charge >= 0.3 is 0 Å². The standard InChI is InChI=1S/C20H22F2N2O2.ClH/c1-26-19-11-17(21)16(10-18(19)22)14-2-4-15(5-3-14)20(25)24-12-13-6-8-23-9-7-13;/h2-5,10-11,13,23H,6-9,12H2,1H3,(H,24,25);1H. The molecular formula is C20H23ClF2N2O2. The molecule has 0 bridgehead atoms. The molecule has 1 aliphatic rings. The summed E-state index contributed by atoms with van der Waals surface area (Å²) < 4.78 is 32.8. The van der Waals surface area contributed by atoms with Gasteiger partial charge in [-0.3, -0.25) is 4.79 Å². The van der Waals surface area contributed by atoms with Gasteiger partial charge < -0.3 is 15.4 Å². The summed E-state index contributed by atoms with van der Waals surface area (Å²) in [5.41, 5.74) is 1.13. The van der Waals surface area contributed by atoms with Crippen molar-refractivity contribution in [2.24, 2.45) is 5.92 Å². The molecule has 3 rings (SSSR count). The number of nitrogens with one attached hydrogen (secondary N) is 2. The Balaban J connectivity index is 0.00000261. The maximum atomic E-state index is 14.2. The third kappa shape index (κ3) is 5.17. The Morgan fingerprint density at radius 2 is 1.81 bits per heavy atom. The van der Waals surface area contributed by atoms with Crippen LogP contribution < -0.4 is 15.4 Å². The zero-order valence-corrected chi connectivity index (χ0v) is 15.9. The van der Waals surface area contributed by atoms with Crippen LogP contribution in [0.2, 0.25) is 0 Å². The summed E-state index contributed by atoms with van der Waals surface area (Å²) in [5, 5.41) is 6.24. The summed E-state index contributed by atoms with van der Waals surface area (Å²) in [6.45, 7) is 2.62. The van der Waals surface area contributed by atoms with E-state index in [1.807, 2.05) is 0 Å². The number of amides is 1. The van der Waals surface area contributed by atoms with E-state index < -0.39 is 11.6 Å². The first-order chi connectivity index (χ1) is 12.6. The molecule has 2 aromatic carbocycles. The lowest BCUT2D eigenvalue weighted by Gasteiger charge is -2.22. The number of rotatable bonds is 5. The van der Waals surface area contributed by atoms with Crippen LogP contribution in [-0.2, 0) is 0 Å². The Morgan fingerprint density at radius 3 is 2.44 bits per heavy atom. The predicted octanol–water partition coefficient (Wildman–Crippen LogP) is 3.79. The number of methoxy groups -OCH3 is 1. The van der Waals surface area contributed by atoms with Crippen LogP contribution in [0.25, 0.3) is 11.1 Å². The fourth-order valence-corrected chi connectivity index (χ4v) is 3.13. The number of benzene rings is 2. The third-order valence-electron chi connectivity index (χ3n) is 4.71. The lowest BCUT2D eigenvalue weighted by molar-refractivity contribution is 0.0944. The molecule has 0 saturated carbocycles. The van der Waals surface area contributed by atoms with Crippen molar-refractivity contribution >= 4 is 18.3 Å². The average molecular weight is 397 g/mol. The molecule has 1 aliphatic heterocycles. The molecule has 1 fully saturated rings. The van der Waals surface area contributed by atoms with Crippen molar-refractivity contribution in [2.75, 3.05) is 26.7 Å². The summed E-state index contributed by atoms with van der Waals surface area (Å²) in [4.78, 5) is 12.3. The van der Waals surface area contributed by atoms with Crippen LogP contribution in [0.5, 0.6) is 5.75 Å². The molecule has 146 valence electrons. The van der Waals surface area contributed by atoms with Crippen molar-refractivity contribution < 1.29 is 18.3 Å². The molecule has 4 nitrogen and oxygen atoms in total. The molecule has 0 radical (unpaired) electrons. The van der Waals surface area contributed by atoms with E-state index >= 15 is 0 Å². The highest BCUT2D eigenvalue weighted by atomic mass is 35.5. The highest BCUT2D eigenvalue weighted by Crippen LogP contribution is 2.29. The third-order valence-corrected chi connectivity index (χ3v) is 4.71. The maximum Gasteiger partial charge on any atom is 0.251 e. The highest BCUT2D eigenvalue weighted by Gasteiger charge is 2.15. The molecule has 1 saturated heterocycles. The predicted molar refractivity (Wildman–Crippen MR) is 104 cm³/mol. The number of halogens is 3. The van der Waals surface area contributed by atoms with Crippen LogP contribution in [0.1, 0.15) is 23.2 Å². The summed E-state index contributed by atoms with van der Waals surface area (Å²) in [5.74, 6) is -1.01. The van der Waals surface area contributed by atoms with Crippen molar-refractivity contribution in [3.63, 3.8) is 0 Å². The second-order valence-corrected chi connectivity index (χ2v) is 6.45. The summed E-state index contributed by atoms with van der Waals surface area (Å²) in [6, 6.07) is 8.58. The van der Waals surface area contributed by atoms with Crippen LogP contribution >= 0.6 is 12.4 Å². The fraction of sp³-hybridized carbons (Fsp3) is 0.350. The van der Waals surface area contributed by atoms with E-state index in [0.717, 1.165) is 38.1 Å². The molecule has 2 aromatic rings. The number of carbonyl (C=O) groups excluding carboxylic acids is 1. The van der Waals surface area contributed by atoms with Gasteiger partial charge in [0, 0.05) is 23.7 Å². The van der Waals surface area contributed by atoms with Crippen molar-refractivity contribution in [1.82, 2.24) is 10.6 Å². The second kappa shape index (κ2) is 9.67. The fourth-order valence-electron chi connectivity index (χ4n) is 3.13. The average Bonchev–Trinajstić information content (AvgIpc) is 2.68. The van der Waals surface area contributed by atoms with Crippen LogP contribution in [0.3, 0.4) is 0 Å². The first kappa shape index (κ1) is 21.1. The van der Waals surface area contributed by atoms with E-state index in [2.05, 4.69) is 10.6 Å². The molecule has 7 heteroatoms. The SMILES string of the molecule is COc1cc(F)c(-c2ccc(C(=O)NCC3CCNCC3)cc2)cc1F.Cl. The largest absolute Gasteiger partial charge is 0.494 e. The Morgan fingerprint density at radius 1 is 1.15 bits per heavy atom. The van der Waals surface area contributed by atoms with E-state index in [4.69, 9.17) is 4.74 Å². The number of ether oxygens (including phenoxy) is 1. The van der Waals surface area contributed by atoms with Crippen molar-refractivity contribution in [2.45, 2.75) is 12.8 Å². The van der Waals surface area contributed by atoms with E-state index in [0.29, 0.717) is 23.6 Å². The number of piperidine rings is 1. The minimum Gasteiger partial charge on any atom is -0.494 e. The topological polar surface area (TPSA) is 50.4 Å². The van der Waals surface area contributed by atoms with Crippen molar-refractivity contribution in [1.29, 1.82) is 0 Å². The summed E-state index contributed by atoms with van der Waals surface area (Å²) in [6.07, 6.45) is 2.11. The van der Waals surface area contributed by atoms with Gasteiger partial charge in [-0.25, -0.2) is 8.78 Å². The molecule has 2 N–H and O–H groups in total. The van der Waals surface area contributed by atoms with Crippen LogP contribution in [-0.4, -0.2) is 32.7 Å². The zero-order valence-electron chi connectivity index (χ0n) is 15.1. The lowest BCUT2D eigenvalue weighted by atomic mass is 9.98. The first-order valence-corrected chi connectivity index (χ1v) is 8.71. The summed E-state index contributed by atoms with van der Waals surface area (Å²) in [7, 11) is 1.29. The first-order valence-electron chi connectivity index (χ1n) is 8.71. The minimum atomic E-state index is -0.632. The van der Waals surface area contributed by atoms with Crippen LogP contribution in [0, 0.1) is 17.6 Å². The maximum absolute atomic E-state index is 14.2. The van der Waals surface area contributed by atoms with Gasteiger partial charge in [0.15, 0.2) is 11.6 Å². The molecule has 0 unspecified atom stereocenters. The van der Waals surface area contributed by atoms with E-state index in [9.17, 15) is 13.6 Å². The van der Waals surface area contributed by atoms with Crippen LogP contribution in [0.4, 0.5) is 8.78 Å². The van der Waals surface area contributed by atoms with Gasteiger partial charge in [-0.2, -0.15) is 0 Å². The van der Waals surface area contributed by atoms with Gasteiger partial charge in [-0.15, -0.1) is 12.4 Å². The van der Waals surface area contributed by atoms with Gasteiger partial charge in [0.1, 0.15) is 5.82 Å². The molecular weight excluding hydrogens is 374 g/mol. The monoisotopic (exact) mass is 396 g/mol. The smallest absolute Gasteiger partial charge is 0.251 e. The molecule has 27 heavy (non-hydrogen) atoms. The van der Waals surface area contributed by atoms with Gasteiger partial charge in [-0.1, -0.05) is 12.1 Å². The molecule has 1 heterocycles. The van der Waals surface area contributed by atoms with Gasteiger partial charge in [-0.05, 0) is 55.6 Å². The minimum absolute atomic E-state index is 0. The van der Waals surface area contributed by atoms with Crippen molar-refractivity contribution in [3.8, 4) is 16.9 Å². The second-order valence-electron chi connectivity index (χ2n) is 6.45. The number of hydrogen-bond acceptors (Lipinski definition) is 3. The summed E-state index contributed by atoms with van der Waals surface area (Å²) >= 11 is 0. The number of carbonyl (C=O) groups is 1. The number of hydrogen-bond donors (Lipinski definition) is 2.